The summed E-state index contributed by atoms with van der Waals surface area (Å²) in [6.07, 6.45) is 4.44. The normalized spacial score (nSPS) is 17.0. The van der Waals surface area contributed by atoms with Crippen molar-refractivity contribution in [3.8, 4) is 10.4 Å². The molecule has 1 aromatic heterocycles. The van der Waals surface area contributed by atoms with Crippen LogP contribution in [0.5, 0.6) is 0 Å². The van der Waals surface area contributed by atoms with Gasteiger partial charge in [0.25, 0.3) is 0 Å². The van der Waals surface area contributed by atoms with E-state index in [1.807, 2.05) is 6.07 Å². The van der Waals surface area contributed by atoms with Crippen LogP contribution in [0.4, 0.5) is 8.78 Å². The molecule has 0 aliphatic heterocycles. The minimum absolute atomic E-state index is 0.123. The maximum absolute atomic E-state index is 13.7. The fourth-order valence-corrected chi connectivity index (χ4v) is 5.83. The SMILES string of the molecule is CC(=O)N[C@@H](Cc1cc(F)cc(F)c1)[C@H](O)CNC1(c2cccc(-c3cccs3)c2)CCCCC1. The summed E-state index contributed by atoms with van der Waals surface area (Å²) >= 11 is 1.71. The third kappa shape index (κ3) is 6.54. The van der Waals surface area contributed by atoms with Crippen LogP contribution in [0.2, 0.25) is 0 Å². The van der Waals surface area contributed by atoms with E-state index in [4.69, 9.17) is 0 Å². The molecule has 0 unspecified atom stereocenters. The first kappa shape index (κ1) is 25.5. The van der Waals surface area contributed by atoms with Crippen molar-refractivity contribution >= 4 is 17.2 Å². The van der Waals surface area contributed by atoms with Gasteiger partial charge in [0.1, 0.15) is 11.6 Å². The second kappa shape index (κ2) is 11.4. The molecule has 4 nitrogen and oxygen atoms in total. The molecular formula is C28H32F2N2O2S. The second-order valence-corrected chi connectivity index (χ2v) is 10.4. The molecule has 0 spiro atoms. The molecule has 1 aliphatic rings. The predicted octanol–water partition coefficient (Wildman–Crippen LogP) is 5.55. The molecule has 35 heavy (non-hydrogen) atoms. The first-order chi connectivity index (χ1) is 16.8. The Bertz CT molecular complexity index is 1110. The summed E-state index contributed by atoms with van der Waals surface area (Å²) in [5.74, 6) is -1.66. The van der Waals surface area contributed by atoms with Gasteiger partial charge in [-0.05, 0) is 65.6 Å². The van der Waals surface area contributed by atoms with Gasteiger partial charge in [0.15, 0.2) is 0 Å². The monoisotopic (exact) mass is 498 g/mol. The Balaban J connectivity index is 1.53. The van der Waals surface area contributed by atoms with Crippen molar-refractivity contribution in [1.29, 1.82) is 0 Å². The molecule has 0 radical (unpaired) electrons. The van der Waals surface area contributed by atoms with Gasteiger partial charge in [0, 0.05) is 30.0 Å². The number of hydrogen-bond donors (Lipinski definition) is 3. The Morgan fingerprint density at radius 1 is 1.06 bits per heavy atom. The zero-order valence-electron chi connectivity index (χ0n) is 19.9. The van der Waals surface area contributed by atoms with Gasteiger partial charge in [0.2, 0.25) is 5.91 Å². The van der Waals surface area contributed by atoms with Gasteiger partial charge in [-0.3, -0.25) is 4.79 Å². The Kier molecular flexibility index (Phi) is 8.31. The van der Waals surface area contributed by atoms with Crippen molar-refractivity contribution in [3.05, 3.63) is 82.7 Å². The Labute approximate surface area is 209 Å². The van der Waals surface area contributed by atoms with Crippen molar-refractivity contribution in [2.75, 3.05) is 6.54 Å². The maximum Gasteiger partial charge on any atom is 0.217 e. The van der Waals surface area contributed by atoms with E-state index in [1.165, 1.54) is 41.5 Å². The Morgan fingerprint density at radius 3 is 2.46 bits per heavy atom. The number of carbonyl (C=O) groups is 1. The number of halogens is 2. The van der Waals surface area contributed by atoms with E-state index in [0.717, 1.165) is 31.7 Å². The van der Waals surface area contributed by atoms with Crippen LogP contribution < -0.4 is 10.6 Å². The largest absolute Gasteiger partial charge is 0.390 e. The molecule has 1 aliphatic carbocycles. The highest BCUT2D eigenvalue weighted by atomic mass is 32.1. The number of aliphatic hydroxyl groups excluding tert-OH is 1. The van der Waals surface area contributed by atoms with Crippen LogP contribution in [-0.4, -0.2) is 29.7 Å². The van der Waals surface area contributed by atoms with Gasteiger partial charge in [-0.1, -0.05) is 43.5 Å². The van der Waals surface area contributed by atoms with Crippen molar-refractivity contribution < 1.29 is 18.7 Å². The van der Waals surface area contributed by atoms with Gasteiger partial charge in [-0.2, -0.15) is 0 Å². The summed E-state index contributed by atoms with van der Waals surface area (Å²) in [6, 6.07) is 15.3. The number of amides is 1. The number of hydrogen-bond acceptors (Lipinski definition) is 4. The van der Waals surface area contributed by atoms with Crippen molar-refractivity contribution in [2.45, 2.75) is 63.1 Å². The van der Waals surface area contributed by atoms with E-state index in [-0.39, 0.29) is 24.4 Å². The molecule has 1 amide bonds. The number of thiophene rings is 1. The van der Waals surface area contributed by atoms with Crippen molar-refractivity contribution in [1.82, 2.24) is 10.6 Å². The number of aliphatic hydroxyl groups is 1. The maximum atomic E-state index is 13.7. The summed E-state index contributed by atoms with van der Waals surface area (Å²) in [7, 11) is 0. The average molecular weight is 499 g/mol. The second-order valence-electron chi connectivity index (χ2n) is 9.44. The predicted molar refractivity (Wildman–Crippen MR) is 136 cm³/mol. The quantitative estimate of drug-likeness (QED) is 0.363. The van der Waals surface area contributed by atoms with E-state index in [9.17, 15) is 18.7 Å². The Morgan fingerprint density at radius 2 is 1.80 bits per heavy atom. The van der Waals surface area contributed by atoms with Gasteiger partial charge >= 0.3 is 0 Å². The van der Waals surface area contributed by atoms with E-state index in [0.29, 0.717) is 5.56 Å². The average Bonchev–Trinajstić information content (AvgIpc) is 3.37. The summed E-state index contributed by atoms with van der Waals surface area (Å²) in [5.41, 5.74) is 2.47. The molecule has 7 heteroatoms. The van der Waals surface area contributed by atoms with Crippen LogP contribution in [0, 0.1) is 11.6 Å². The highest BCUT2D eigenvalue weighted by Gasteiger charge is 2.35. The number of benzene rings is 2. The molecule has 3 N–H and O–H groups in total. The standard InChI is InChI=1S/C28H32F2N2O2S/c1-19(33)32-25(15-20-13-23(29)17-24(30)14-20)26(34)18-31-28(10-3-2-4-11-28)22-8-5-7-21(16-22)27-9-6-12-35-27/h5-9,12-14,16-17,25-26,31,34H,2-4,10-11,15,18H2,1H3,(H,32,33)/t25-,26+/m0/s1. The number of rotatable bonds is 9. The lowest BCUT2D eigenvalue weighted by molar-refractivity contribution is -0.120. The number of carbonyl (C=O) groups excluding carboxylic acids is 1. The molecular weight excluding hydrogens is 466 g/mol. The van der Waals surface area contributed by atoms with E-state index in [1.54, 1.807) is 11.3 Å². The lowest BCUT2D eigenvalue weighted by Gasteiger charge is -2.40. The van der Waals surface area contributed by atoms with Crippen LogP contribution in [0.3, 0.4) is 0 Å². The van der Waals surface area contributed by atoms with E-state index in [2.05, 4.69) is 46.3 Å². The van der Waals surface area contributed by atoms with E-state index < -0.39 is 23.8 Å². The molecule has 3 aromatic rings. The highest BCUT2D eigenvalue weighted by molar-refractivity contribution is 7.13. The molecule has 1 heterocycles. The topological polar surface area (TPSA) is 61.4 Å². The molecule has 2 aromatic carbocycles. The molecule has 4 rings (SSSR count). The van der Waals surface area contributed by atoms with Crippen molar-refractivity contribution in [2.24, 2.45) is 0 Å². The van der Waals surface area contributed by atoms with Gasteiger partial charge < -0.3 is 15.7 Å². The minimum atomic E-state index is -0.940. The molecule has 1 saturated carbocycles. The highest BCUT2D eigenvalue weighted by Crippen LogP contribution is 2.39. The van der Waals surface area contributed by atoms with Gasteiger partial charge in [-0.15, -0.1) is 11.3 Å². The zero-order chi connectivity index (χ0) is 24.8. The molecule has 0 saturated heterocycles. The summed E-state index contributed by atoms with van der Waals surface area (Å²) in [5, 5.41) is 19.6. The molecule has 186 valence electrons. The smallest absolute Gasteiger partial charge is 0.217 e. The lowest BCUT2D eigenvalue weighted by atomic mass is 9.76. The van der Waals surface area contributed by atoms with Gasteiger partial charge in [0.05, 0.1) is 12.1 Å². The zero-order valence-corrected chi connectivity index (χ0v) is 20.7. The van der Waals surface area contributed by atoms with Crippen LogP contribution in [0.25, 0.3) is 10.4 Å². The van der Waals surface area contributed by atoms with Gasteiger partial charge in [-0.25, -0.2) is 8.78 Å². The third-order valence-corrected chi connectivity index (χ3v) is 7.73. The first-order valence-corrected chi connectivity index (χ1v) is 13.0. The molecule has 0 bridgehead atoms. The third-order valence-electron chi connectivity index (χ3n) is 6.81. The minimum Gasteiger partial charge on any atom is -0.390 e. The summed E-state index contributed by atoms with van der Waals surface area (Å²) in [6.45, 7) is 1.62. The van der Waals surface area contributed by atoms with Crippen LogP contribution >= 0.6 is 11.3 Å². The summed E-state index contributed by atoms with van der Waals surface area (Å²) < 4.78 is 27.4. The lowest BCUT2D eigenvalue weighted by Crippen LogP contribution is -2.53. The van der Waals surface area contributed by atoms with Crippen LogP contribution in [0.15, 0.2) is 60.0 Å². The molecule has 1 fully saturated rings. The van der Waals surface area contributed by atoms with Crippen molar-refractivity contribution in [3.63, 3.8) is 0 Å². The van der Waals surface area contributed by atoms with E-state index >= 15 is 0 Å². The fourth-order valence-electron chi connectivity index (χ4n) is 5.11. The first-order valence-electron chi connectivity index (χ1n) is 12.1. The molecule has 2 atom stereocenters. The van der Waals surface area contributed by atoms with Crippen LogP contribution in [0.1, 0.15) is 50.2 Å². The fraction of sp³-hybridized carbons (Fsp3) is 0.393. The summed E-state index contributed by atoms with van der Waals surface area (Å²) in [4.78, 5) is 13.0. The number of nitrogens with one attached hydrogen (secondary N) is 2. The Hall–Kier alpha value is -2.61. The van der Waals surface area contributed by atoms with Crippen LogP contribution in [-0.2, 0) is 16.8 Å².